The number of benzene rings is 1. The summed E-state index contributed by atoms with van der Waals surface area (Å²) in [5.74, 6) is 0.159. The molecule has 1 aromatic carbocycles. The van der Waals surface area contributed by atoms with Crippen LogP contribution < -0.4 is 10.5 Å². The first-order valence-corrected chi connectivity index (χ1v) is 4.43. The zero-order chi connectivity index (χ0) is 9.42. The van der Waals surface area contributed by atoms with Gasteiger partial charge in [-0.15, -0.1) is 12.4 Å². The van der Waals surface area contributed by atoms with E-state index in [9.17, 15) is 4.39 Å². The van der Waals surface area contributed by atoms with E-state index in [1.807, 2.05) is 0 Å². The number of rotatable bonds is 0. The molecule has 0 saturated heterocycles. The van der Waals surface area contributed by atoms with Gasteiger partial charge in [-0.05, 0) is 6.07 Å². The van der Waals surface area contributed by atoms with Crippen LogP contribution in [0.25, 0.3) is 0 Å². The molecule has 0 radical (unpaired) electrons. The zero-order valence-electron chi connectivity index (χ0n) is 7.30. The highest BCUT2D eigenvalue weighted by molar-refractivity contribution is 6.30. The van der Waals surface area contributed by atoms with Gasteiger partial charge in [0.15, 0.2) is 0 Å². The average Bonchev–Trinajstić information content (AvgIpc) is 2.09. The lowest BCUT2D eigenvalue weighted by Crippen LogP contribution is -2.20. The summed E-state index contributed by atoms with van der Waals surface area (Å²) in [4.78, 5) is 0. The molecule has 0 bridgehead atoms. The zero-order valence-corrected chi connectivity index (χ0v) is 8.87. The molecule has 0 aromatic heterocycles. The predicted molar refractivity (Wildman–Crippen MR) is 55.7 cm³/mol. The summed E-state index contributed by atoms with van der Waals surface area (Å²) in [5.41, 5.74) is 6.48. The maximum Gasteiger partial charge on any atom is 0.142 e. The van der Waals surface area contributed by atoms with Gasteiger partial charge < -0.3 is 10.5 Å². The molecule has 0 aliphatic carbocycles. The highest BCUT2D eigenvalue weighted by atomic mass is 35.5. The van der Waals surface area contributed by atoms with Crippen LogP contribution in [0.4, 0.5) is 4.39 Å². The van der Waals surface area contributed by atoms with Crippen molar-refractivity contribution in [1.82, 2.24) is 0 Å². The predicted octanol–water partition coefficient (Wildman–Crippen LogP) is 2.68. The third-order valence-electron chi connectivity index (χ3n) is 2.14. The summed E-state index contributed by atoms with van der Waals surface area (Å²) in [6.07, 6.45) is 0.716. The fourth-order valence-electron chi connectivity index (χ4n) is 1.41. The monoisotopic (exact) mass is 237 g/mol. The molecule has 1 atom stereocenters. The Morgan fingerprint density at radius 2 is 2.21 bits per heavy atom. The van der Waals surface area contributed by atoms with Crippen molar-refractivity contribution in [3.63, 3.8) is 0 Å². The number of hydrogen-bond donors (Lipinski definition) is 1. The van der Waals surface area contributed by atoms with Gasteiger partial charge in [-0.25, -0.2) is 4.39 Å². The molecule has 14 heavy (non-hydrogen) atoms. The van der Waals surface area contributed by atoms with E-state index < -0.39 is 5.82 Å². The van der Waals surface area contributed by atoms with Crippen molar-refractivity contribution in [2.75, 3.05) is 6.61 Å². The highest BCUT2D eigenvalue weighted by Crippen LogP contribution is 2.34. The third-order valence-corrected chi connectivity index (χ3v) is 2.43. The van der Waals surface area contributed by atoms with Gasteiger partial charge in [0, 0.05) is 24.1 Å². The molecule has 0 fully saturated rings. The molecular formula is C9H10Cl2FNO. The van der Waals surface area contributed by atoms with Crippen LogP contribution in [0.1, 0.15) is 18.0 Å². The summed E-state index contributed by atoms with van der Waals surface area (Å²) in [6.45, 7) is 0.566. The average molecular weight is 238 g/mol. The van der Waals surface area contributed by atoms with Gasteiger partial charge in [0.2, 0.25) is 0 Å². The standard InChI is InChI=1S/C9H9ClFNO.ClH/c10-6-4-9-5(3-7(6)11)8(12)1-2-13-9;/h3-4,8H,1-2,12H2;1H/t8-;/m1./s1. The van der Waals surface area contributed by atoms with Gasteiger partial charge in [0.25, 0.3) is 0 Å². The van der Waals surface area contributed by atoms with Crippen LogP contribution in [0.15, 0.2) is 12.1 Å². The summed E-state index contributed by atoms with van der Waals surface area (Å²) < 4.78 is 18.3. The van der Waals surface area contributed by atoms with Crippen molar-refractivity contribution in [1.29, 1.82) is 0 Å². The van der Waals surface area contributed by atoms with Crippen molar-refractivity contribution in [3.8, 4) is 5.75 Å². The Labute approximate surface area is 92.6 Å². The van der Waals surface area contributed by atoms with E-state index in [2.05, 4.69) is 0 Å². The van der Waals surface area contributed by atoms with Crippen molar-refractivity contribution in [2.24, 2.45) is 5.73 Å². The molecule has 2 rings (SSSR count). The summed E-state index contributed by atoms with van der Waals surface area (Å²) in [5, 5.41) is 0.0767. The first kappa shape index (κ1) is 11.6. The van der Waals surface area contributed by atoms with Gasteiger partial charge >= 0.3 is 0 Å². The molecule has 0 saturated carbocycles. The van der Waals surface area contributed by atoms with E-state index in [1.165, 1.54) is 12.1 Å². The second kappa shape index (κ2) is 4.34. The van der Waals surface area contributed by atoms with Crippen LogP contribution in [0, 0.1) is 5.82 Å². The Kier molecular flexibility index (Phi) is 3.59. The lowest BCUT2D eigenvalue weighted by atomic mass is 10.0. The van der Waals surface area contributed by atoms with Crippen LogP contribution in [-0.2, 0) is 0 Å². The van der Waals surface area contributed by atoms with Gasteiger partial charge in [0.05, 0.1) is 11.6 Å². The lowest BCUT2D eigenvalue weighted by Gasteiger charge is -2.22. The minimum atomic E-state index is -0.443. The SMILES string of the molecule is Cl.N[C@@H]1CCOc2cc(Cl)c(F)cc21. The Bertz CT molecular complexity index is 346. The molecule has 1 aromatic rings. The molecule has 1 aliphatic heterocycles. The topological polar surface area (TPSA) is 35.2 Å². The summed E-state index contributed by atoms with van der Waals surface area (Å²) in [7, 11) is 0. The summed E-state index contributed by atoms with van der Waals surface area (Å²) in [6, 6.07) is 2.68. The van der Waals surface area contributed by atoms with Gasteiger partial charge in [0.1, 0.15) is 11.6 Å². The van der Waals surface area contributed by atoms with Gasteiger partial charge in [-0.3, -0.25) is 0 Å². The highest BCUT2D eigenvalue weighted by Gasteiger charge is 2.19. The number of halogens is 3. The quantitative estimate of drug-likeness (QED) is 0.754. The molecular weight excluding hydrogens is 228 g/mol. The van der Waals surface area contributed by atoms with Crippen LogP contribution in [0.2, 0.25) is 5.02 Å². The minimum absolute atomic E-state index is 0. The third kappa shape index (κ3) is 1.95. The number of hydrogen-bond acceptors (Lipinski definition) is 2. The maximum absolute atomic E-state index is 13.0. The number of fused-ring (bicyclic) bond motifs is 1. The Balaban J connectivity index is 0.000000980. The first-order valence-electron chi connectivity index (χ1n) is 4.06. The van der Waals surface area contributed by atoms with Gasteiger partial charge in [-0.1, -0.05) is 11.6 Å². The Hall–Kier alpha value is -0.510. The van der Waals surface area contributed by atoms with E-state index >= 15 is 0 Å². The van der Waals surface area contributed by atoms with Crippen molar-refractivity contribution in [3.05, 3.63) is 28.5 Å². The molecule has 1 heterocycles. The van der Waals surface area contributed by atoms with E-state index in [0.717, 1.165) is 0 Å². The van der Waals surface area contributed by atoms with Crippen LogP contribution >= 0.6 is 24.0 Å². The van der Waals surface area contributed by atoms with Crippen LogP contribution in [0.5, 0.6) is 5.75 Å². The Morgan fingerprint density at radius 1 is 1.50 bits per heavy atom. The van der Waals surface area contributed by atoms with E-state index in [1.54, 1.807) is 0 Å². The fourth-order valence-corrected chi connectivity index (χ4v) is 1.56. The molecule has 0 unspecified atom stereocenters. The van der Waals surface area contributed by atoms with Crippen LogP contribution in [0.3, 0.4) is 0 Å². The minimum Gasteiger partial charge on any atom is -0.493 e. The maximum atomic E-state index is 13.0. The van der Waals surface area contributed by atoms with E-state index in [4.69, 9.17) is 22.1 Å². The molecule has 0 spiro atoms. The van der Waals surface area contributed by atoms with Gasteiger partial charge in [-0.2, -0.15) is 0 Å². The molecule has 0 amide bonds. The second-order valence-corrected chi connectivity index (χ2v) is 3.45. The number of nitrogens with two attached hydrogens (primary N) is 1. The molecule has 78 valence electrons. The molecule has 1 aliphatic rings. The second-order valence-electron chi connectivity index (χ2n) is 3.05. The number of ether oxygens (including phenoxy) is 1. The molecule has 2 nitrogen and oxygen atoms in total. The Morgan fingerprint density at radius 3 is 2.93 bits per heavy atom. The first-order chi connectivity index (χ1) is 6.18. The van der Waals surface area contributed by atoms with Crippen molar-refractivity contribution < 1.29 is 9.13 Å². The largest absolute Gasteiger partial charge is 0.493 e. The van der Waals surface area contributed by atoms with E-state index in [-0.39, 0.29) is 23.5 Å². The molecule has 2 N–H and O–H groups in total. The smallest absolute Gasteiger partial charge is 0.142 e. The molecule has 5 heteroatoms. The fraction of sp³-hybridized carbons (Fsp3) is 0.333. The van der Waals surface area contributed by atoms with Crippen molar-refractivity contribution in [2.45, 2.75) is 12.5 Å². The summed E-state index contributed by atoms with van der Waals surface area (Å²) >= 11 is 5.60. The van der Waals surface area contributed by atoms with Crippen molar-refractivity contribution >= 4 is 24.0 Å². The lowest BCUT2D eigenvalue weighted by molar-refractivity contribution is 0.268. The van der Waals surface area contributed by atoms with E-state index in [0.29, 0.717) is 24.3 Å². The van der Waals surface area contributed by atoms with Crippen LogP contribution in [-0.4, -0.2) is 6.61 Å². The normalized spacial score (nSPS) is 19.2.